The first-order valence-electron chi connectivity index (χ1n) is 12.2. The zero-order valence-corrected chi connectivity index (χ0v) is 20.7. The predicted molar refractivity (Wildman–Crippen MR) is 143 cm³/mol. The molecule has 0 saturated heterocycles. The van der Waals surface area contributed by atoms with Gasteiger partial charge in [0.25, 0.3) is 0 Å². The van der Waals surface area contributed by atoms with Gasteiger partial charge in [-0.2, -0.15) is 5.10 Å². The number of carbonyl (C=O) groups excluding carboxylic acids is 1. The number of anilines is 2. The number of carbonyl (C=O) groups is 1. The molecule has 9 nitrogen and oxygen atoms in total. The maximum atomic E-state index is 13.7. The molecule has 4 N–H and O–H groups in total. The monoisotopic (exact) mass is 503 g/mol. The summed E-state index contributed by atoms with van der Waals surface area (Å²) < 4.78 is 13.7. The van der Waals surface area contributed by atoms with Gasteiger partial charge in [-0.25, -0.2) is 14.4 Å². The Morgan fingerprint density at radius 1 is 1.27 bits per heavy atom. The van der Waals surface area contributed by atoms with Crippen LogP contribution >= 0.6 is 0 Å². The average Bonchev–Trinajstić information content (AvgIpc) is 3.34. The van der Waals surface area contributed by atoms with Crippen molar-refractivity contribution in [3.63, 3.8) is 0 Å². The molecule has 4 rings (SSSR count). The second kappa shape index (κ2) is 12.3. The standard InChI is InChI=1S/C27H30FN7O2/c1-2-34(12-13-36)11-4-3-6-19-9-10-23-24(14-19)31-18-32-27(23)30-17-21-16-25(26(29)37)35(33-21)22-8-5-7-20(28)15-22/h5,7-10,14-15,18,25,36H,2,4,11-13,16-17H2,1H3,(H2,29,37)(H,30,31,32). The molecule has 1 aliphatic rings. The molecule has 1 unspecified atom stereocenters. The molecule has 1 aliphatic heterocycles. The molecule has 2 heterocycles. The normalized spacial score (nSPS) is 15.0. The minimum Gasteiger partial charge on any atom is -0.395 e. The smallest absolute Gasteiger partial charge is 0.242 e. The number of nitrogens with two attached hydrogens (primary N) is 1. The van der Waals surface area contributed by atoms with Gasteiger partial charge in [0.15, 0.2) is 0 Å². The van der Waals surface area contributed by atoms with Crippen molar-refractivity contribution in [2.75, 3.05) is 43.1 Å². The highest BCUT2D eigenvalue weighted by Crippen LogP contribution is 2.26. The zero-order valence-electron chi connectivity index (χ0n) is 20.7. The highest BCUT2D eigenvalue weighted by molar-refractivity contribution is 6.00. The molecule has 1 amide bonds. The summed E-state index contributed by atoms with van der Waals surface area (Å²) in [5, 5.41) is 19.2. The van der Waals surface area contributed by atoms with E-state index in [2.05, 4.69) is 44.1 Å². The molecule has 0 saturated carbocycles. The number of rotatable bonds is 10. The number of fused-ring (bicyclic) bond motifs is 1. The van der Waals surface area contributed by atoms with Crippen LogP contribution in [0.25, 0.3) is 10.9 Å². The Balaban J connectivity index is 1.44. The Morgan fingerprint density at radius 2 is 2.14 bits per heavy atom. The summed E-state index contributed by atoms with van der Waals surface area (Å²) >= 11 is 0. The molecular weight excluding hydrogens is 473 g/mol. The lowest BCUT2D eigenvalue weighted by Crippen LogP contribution is -2.39. The molecule has 0 radical (unpaired) electrons. The average molecular weight is 504 g/mol. The SMILES string of the molecule is CCN(CCO)CCC#Cc1ccc2c(NCC3=NN(c4cccc(F)c4)C(C(N)=O)C3)ncnc2c1. The number of hydrogen-bond donors (Lipinski definition) is 3. The molecule has 0 bridgehead atoms. The van der Waals surface area contributed by atoms with E-state index in [9.17, 15) is 9.18 Å². The van der Waals surface area contributed by atoms with Crippen molar-refractivity contribution in [1.82, 2.24) is 14.9 Å². The minimum absolute atomic E-state index is 0.145. The van der Waals surface area contributed by atoms with E-state index in [0.29, 0.717) is 43.1 Å². The first-order chi connectivity index (χ1) is 18.0. The maximum absolute atomic E-state index is 13.7. The van der Waals surface area contributed by atoms with Gasteiger partial charge < -0.3 is 21.1 Å². The van der Waals surface area contributed by atoms with Gasteiger partial charge in [-0.15, -0.1) is 0 Å². The number of nitrogens with one attached hydrogen (secondary N) is 1. The number of hydrazone groups is 1. The number of aromatic nitrogens is 2. The van der Waals surface area contributed by atoms with Crippen molar-refractivity contribution in [2.45, 2.75) is 25.8 Å². The van der Waals surface area contributed by atoms with Crippen molar-refractivity contribution < 1.29 is 14.3 Å². The van der Waals surface area contributed by atoms with Gasteiger partial charge in [-0.05, 0) is 42.9 Å². The van der Waals surface area contributed by atoms with E-state index >= 15 is 0 Å². The van der Waals surface area contributed by atoms with Gasteiger partial charge in [0.2, 0.25) is 5.91 Å². The van der Waals surface area contributed by atoms with Crippen LogP contribution in [0.2, 0.25) is 0 Å². The maximum Gasteiger partial charge on any atom is 0.242 e. The molecular formula is C27H30FN7O2. The van der Waals surface area contributed by atoms with Gasteiger partial charge in [0, 0.05) is 36.9 Å². The van der Waals surface area contributed by atoms with E-state index in [1.807, 2.05) is 18.2 Å². The van der Waals surface area contributed by atoms with Crippen LogP contribution in [0.1, 0.15) is 25.3 Å². The van der Waals surface area contributed by atoms with E-state index in [-0.39, 0.29) is 6.61 Å². The fraction of sp³-hybridized carbons (Fsp3) is 0.333. The Labute approximate surface area is 215 Å². The number of likely N-dealkylation sites (N-methyl/N-ethyl adjacent to an activating group) is 1. The molecule has 0 aliphatic carbocycles. The lowest BCUT2D eigenvalue weighted by molar-refractivity contribution is -0.119. The van der Waals surface area contributed by atoms with Crippen LogP contribution in [-0.4, -0.2) is 70.4 Å². The number of aliphatic hydroxyl groups is 1. The number of primary amides is 1. The summed E-state index contributed by atoms with van der Waals surface area (Å²) in [4.78, 5) is 22.9. The Bertz CT molecular complexity index is 1350. The van der Waals surface area contributed by atoms with Crippen molar-refractivity contribution >= 4 is 34.0 Å². The van der Waals surface area contributed by atoms with Crippen LogP contribution in [0.15, 0.2) is 53.9 Å². The molecule has 0 spiro atoms. The summed E-state index contributed by atoms with van der Waals surface area (Å²) in [6, 6.07) is 11.0. The molecule has 1 atom stereocenters. The summed E-state index contributed by atoms with van der Waals surface area (Å²) in [5.74, 6) is 6.06. The van der Waals surface area contributed by atoms with E-state index in [4.69, 9.17) is 10.8 Å². The Hall–Kier alpha value is -4.07. The molecule has 37 heavy (non-hydrogen) atoms. The van der Waals surface area contributed by atoms with Crippen molar-refractivity contribution in [1.29, 1.82) is 0 Å². The fourth-order valence-corrected chi connectivity index (χ4v) is 4.17. The van der Waals surface area contributed by atoms with Gasteiger partial charge in [-0.1, -0.05) is 24.8 Å². The molecule has 0 fully saturated rings. The second-order valence-electron chi connectivity index (χ2n) is 8.63. The van der Waals surface area contributed by atoms with Crippen LogP contribution in [0.4, 0.5) is 15.9 Å². The molecule has 10 heteroatoms. The molecule has 2 aromatic carbocycles. The van der Waals surface area contributed by atoms with Crippen molar-refractivity contribution in [2.24, 2.45) is 10.8 Å². The zero-order chi connectivity index (χ0) is 26.2. The van der Waals surface area contributed by atoms with E-state index in [1.165, 1.54) is 23.5 Å². The van der Waals surface area contributed by atoms with Gasteiger partial charge in [-0.3, -0.25) is 9.80 Å². The van der Waals surface area contributed by atoms with E-state index in [1.54, 1.807) is 12.1 Å². The van der Waals surface area contributed by atoms with Crippen LogP contribution in [0, 0.1) is 17.7 Å². The number of nitrogens with zero attached hydrogens (tertiary/aromatic N) is 5. The number of aliphatic hydroxyl groups excluding tert-OH is 1. The largest absolute Gasteiger partial charge is 0.395 e. The summed E-state index contributed by atoms with van der Waals surface area (Å²) in [6.45, 7) is 4.89. The number of amides is 1. The molecule has 3 aromatic rings. The molecule has 192 valence electrons. The number of halogens is 1. The van der Waals surface area contributed by atoms with Crippen LogP contribution in [0.5, 0.6) is 0 Å². The summed E-state index contributed by atoms with van der Waals surface area (Å²) in [7, 11) is 0. The summed E-state index contributed by atoms with van der Waals surface area (Å²) in [5.41, 5.74) is 8.37. The predicted octanol–water partition coefficient (Wildman–Crippen LogP) is 2.36. The summed E-state index contributed by atoms with van der Waals surface area (Å²) in [6.07, 6.45) is 2.52. The third kappa shape index (κ3) is 6.58. The topological polar surface area (TPSA) is 120 Å². The van der Waals surface area contributed by atoms with E-state index in [0.717, 1.165) is 29.6 Å². The van der Waals surface area contributed by atoms with Gasteiger partial charge >= 0.3 is 0 Å². The van der Waals surface area contributed by atoms with Crippen LogP contribution in [0.3, 0.4) is 0 Å². The van der Waals surface area contributed by atoms with Gasteiger partial charge in [0.05, 0.1) is 30.1 Å². The Kier molecular flexibility index (Phi) is 8.61. The first kappa shape index (κ1) is 26.0. The third-order valence-corrected chi connectivity index (χ3v) is 6.12. The van der Waals surface area contributed by atoms with Gasteiger partial charge in [0.1, 0.15) is 24.0 Å². The quantitative estimate of drug-likeness (QED) is 0.363. The number of benzene rings is 2. The highest BCUT2D eigenvalue weighted by Gasteiger charge is 2.32. The van der Waals surface area contributed by atoms with Crippen LogP contribution < -0.4 is 16.1 Å². The van der Waals surface area contributed by atoms with Crippen molar-refractivity contribution in [3.05, 3.63) is 60.2 Å². The lowest BCUT2D eigenvalue weighted by atomic mass is 10.1. The third-order valence-electron chi connectivity index (χ3n) is 6.12. The van der Waals surface area contributed by atoms with Crippen LogP contribution in [-0.2, 0) is 4.79 Å². The fourth-order valence-electron chi connectivity index (χ4n) is 4.17. The minimum atomic E-state index is -0.685. The number of hydrogen-bond acceptors (Lipinski definition) is 8. The highest BCUT2D eigenvalue weighted by atomic mass is 19.1. The lowest BCUT2D eigenvalue weighted by Gasteiger charge is -2.20. The second-order valence-corrected chi connectivity index (χ2v) is 8.63. The molecule has 1 aromatic heterocycles. The Morgan fingerprint density at radius 3 is 2.89 bits per heavy atom. The first-order valence-corrected chi connectivity index (χ1v) is 12.2. The van der Waals surface area contributed by atoms with Crippen molar-refractivity contribution in [3.8, 4) is 11.8 Å². The van der Waals surface area contributed by atoms with E-state index < -0.39 is 17.8 Å².